The van der Waals surface area contributed by atoms with E-state index < -0.39 is 0 Å². The Morgan fingerprint density at radius 3 is 2.75 bits per heavy atom. The second-order valence-corrected chi connectivity index (χ2v) is 6.03. The van der Waals surface area contributed by atoms with Crippen LogP contribution in [0, 0.1) is 0 Å². The van der Waals surface area contributed by atoms with Crippen LogP contribution in [0.3, 0.4) is 0 Å². The molecule has 20 heavy (non-hydrogen) atoms. The fraction of sp³-hybridized carbons (Fsp3) is 0.294. The molecule has 2 aromatic carbocycles. The lowest BCUT2D eigenvalue weighted by molar-refractivity contribution is 0.0790. The first-order chi connectivity index (χ1) is 9.75. The van der Waals surface area contributed by atoms with Crippen LogP contribution in [0.5, 0.6) is 0 Å². The molecule has 0 aliphatic carbocycles. The molecular formula is C17H18BrNO. The normalized spacial score (nSPS) is 19.4. The topological polar surface area (TPSA) is 21.3 Å². The van der Waals surface area contributed by atoms with Gasteiger partial charge in [0.25, 0.3) is 0 Å². The fourth-order valence-corrected chi connectivity index (χ4v) is 3.37. The molecule has 0 saturated carbocycles. The smallest absolute Gasteiger partial charge is 0.0721 e. The lowest BCUT2D eigenvalue weighted by Gasteiger charge is -2.29. The van der Waals surface area contributed by atoms with E-state index in [0.29, 0.717) is 0 Å². The van der Waals surface area contributed by atoms with Crippen molar-refractivity contribution in [2.24, 2.45) is 0 Å². The van der Waals surface area contributed by atoms with E-state index in [2.05, 4.69) is 70.6 Å². The second-order valence-electron chi connectivity index (χ2n) is 5.18. The minimum Gasteiger partial charge on any atom is -0.375 e. The molecule has 0 bridgehead atoms. The lowest BCUT2D eigenvalue weighted by Crippen LogP contribution is -2.31. The zero-order chi connectivity index (χ0) is 13.9. The molecule has 1 aliphatic heterocycles. The highest BCUT2D eigenvalue weighted by molar-refractivity contribution is 9.10. The highest BCUT2D eigenvalue weighted by Gasteiger charge is 2.22. The zero-order valence-electron chi connectivity index (χ0n) is 11.5. The van der Waals surface area contributed by atoms with E-state index in [0.717, 1.165) is 17.7 Å². The summed E-state index contributed by atoms with van der Waals surface area (Å²) in [4.78, 5) is 0. The van der Waals surface area contributed by atoms with Gasteiger partial charge in [0, 0.05) is 10.5 Å². The molecule has 3 heteroatoms. The van der Waals surface area contributed by atoms with E-state index in [1.165, 1.54) is 16.7 Å². The number of benzene rings is 2. The molecule has 1 aliphatic rings. The van der Waals surface area contributed by atoms with E-state index in [1.54, 1.807) is 0 Å². The summed E-state index contributed by atoms with van der Waals surface area (Å²) in [5, 5.41) is 3.68. The molecular weight excluding hydrogens is 314 g/mol. The Balaban J connectivity index is 1.81. The Morgan fingerprint density at radius 2 is 1.90 bits per heavy atom. The van der Waals surface area contributed by atoms with Gasteiger partial charge in [-0.25, -0.2) is 0 Å². The van der Waals surface area contributed by atoms with Crippen LogP contribution in [0.15, 0.2) is 53.0 Å². The average molecular weight is 332 g/mol. The van der Waals surface area contributed by atoms with E-state index >= 15 is 0 Å². The van der Waals surface area contributed by atoms with Crippen molar-refractivity contribution in [3.8, 4) is 0 Å². The number of hydrogen-bond donors (Lipinski definition) is 1. The molecule has 1 unspecified atom stereocenters. The van der Waals surface area contributed by atoms with Gasteiger partial charge in [0.05, 0.1) is 19.3 Å². The van der Waals surface area contributed by atoms with Gasteiger partial charge in [-0.1, -0.05) is 58.4 Å². The standard InChI is InChI=1S/C17H18BrNO/c1-12(14-7-4-5-9-16(14)18)19-17-11-20-10-13-6-2-3-8-15(13)17/h2-9,12,17,19H,10-11H2,1H3/t12-,17?/m0/s1. The van der Waals surface area contributed by atoms with E-state index in [-0.39, 0.29) is 12.1 Å². The van der Waals surface area contributed by atoms with Crippen molar-refractivity contribution in [3.63, 3.8) is 0 Å². The molecule has 2 atom stereocenters. The van der Waals surface area contributed by atoms with Gasteiger partial charge in [0.1, 0.15) is 0 Å². The van der Waals surface area contributed by atoms with E-state index in [1.807, 2.05) is 6.07 Å². The number of ether oxygens (including phenoxy) is 1. The molecule has 0 spiro atoms. The molecule has 1 heterocycles. The summed E-state index contributed by atoms with van der Waals surface area (Å²) in [7, 11) is 0. The first-order valence-electron chi connectivity index (χ1n) is 6.91. The van der Waals surface area contributed by atoms with Crippen molar-refractivity contribution in [2.45, 2.75) is 25.6 Å². The van der Waals surface area contributed by atoms with Crippen LogP contribution in [0.1, 0.15) is 35.7 Å². The van der Waals surface area contributed by atoms with Crippen LogP contribution in [-0.4, -0.2) is 6.61 Å². The number of nitrogens with one attached hydrogen (secondary N) is 1. The number of fused-ring (bicyclic) bond motifs is 1. The van der Waals surface area contributed by atoms with Crippen LogP contribution in [-0.2, 0) is 11.3 Å². The Bertz CT molecular complexity index is 599. The summed E-state index contributed by atoms with van der Waals surface area (Å²) < 4.78 is 6.84. The van der Waals surface area contributed by atoms with Gasteiger partial charge in [-0.05, 0) is 29.7 Å². The maximum absolute atomic E-state index is 5.70. The van der Waals surface area contributed by atoms with Crippen molar-refractivity contribution >= 4 is 15.9 Å². The fourth-order valence-electron chi connectivity index (χ4n) is 2.74. The second kappa shape index (κ2) is 6.08. The van der Waals surface area contributed by atoms with Gasteiger partial charge in [-0.3, -0.25) is 0 Å². The third kappa shape index (κ3) is 2.80. The molecule has 2 aromatic rings. The van der Waals surface area contributed by atoms with E-state index in [9.17, 15) is 0 Å². The predicted octanol–water partition coefficient (Wildman–Crippen LogP) is 4.37. The van der Waals surface area contributed by atoms with Gasteiger partial charge in [0.2, 0.25) is 0 Å². The highest BCUT2D eigenvalue weighted by atomic mass is 79.9. The molecule has 1 N–H and O–H groups in total. The van der Waals surface area contributed by atoms with Crippen molar-refractivity contribution < 1.29 is 4.74 Å². The molecule has 3 rings (SSSR count). The summed E-state index contributed by atoms with van der Waals surface area (Å²) in [5.74, 6) is 0. The Kier molecular flexibility index (Phi) is 4.20. The largest absolute Gasteiger partial charge is 0.375 e. The summed E-state index contributed by atoms with van der Waals surface area (Å²) in [6.45, 7) is 3.64. The molecule has 0 aromatic heterocycles. The zero-order valence-corrected chi connectivity index (χ0v) is 13.1. The Morgan fingerprint density at radius 1 is 1.15 bits per heavy atom. The third-order valence-corrected chi connectivity index (χ3v) is 4.52. The summed E-state index contributed by atoms with van der Waals surface area (Å²) in [6.07, 6.45) is 0. The van der Waals surface area contributed by atoms with Crippen molar-refractivity contribution in [2.75, 3.05) is 6.61 Å². The monoisotopic (exact) mass is 331 g/mol. The number of hydrogen-bond acceptors (Lipinski definition) is 2. The first kappa shape index (κ1) is 13.8. The molecule has 104 valence electrons. The highest BCUT2D eigenvalue weighted by Crippen LogP contribution is 2.29. The van der Waals surface area contributed by atoms with Gasteiger partial charge < -0.3 is 10.1 Å². The Hall–Kier alpha value is -1.16. The predicted molar refractivity (Wildman–Crippen MR) is 84.5 cm³/mol. The van der Waals surface area contributed by atoms with Crippen LogP contribution in [0.2, 0.25) is 0 Å². The minimum absolute atomic E-state index is 0.252. The molecule has 0 radical (unpaired) electrons. The van der Waals surface area contributed by atoms with Crippen LogP contribution < -0.4 is 5.32 Å². The minimum atomic E-state index is 0.252. The van der Waals surface area contributed by atoms with Gasteiger partial charge in [-0.2, -0.15) is 0 Å². The maximum Gasteiger partial charge on any atom is 0.0721 e. The summed E-state index contributed by atoms with van der Waals surface area (Å²) in [5.41, 5.74) is 3.92. The number of halogens is 1. The van der Waals surface area contributed by atoms with Crippen LogP contribution >= 0.6 is 15.9 Å². The van der Waals surface area contributed by atoms with Crippen LogP contribution in [0.4, 0.5) is 0 Å². The molecule has 0 amide bonds. The Labute approximate surface area is 128 Å². The van der Waals surface area contributed by atoms with Gasteiger partial charge in [-0.15, -0.1) is 0 Å². The van der Waals surface area contributed by atoms with Gasteiger partial charge in [0.15, 0.2) is 0 Å². The first-order valence-corrected chi connectivity index (χ1v) is 7.71. The average Bonchev–Trinajstić information content (AvgIpc) is 2.48. The quantitative estimate of drug-likeness (QED) is 0.901. The molecule has 2 nitrogen and oxygen atoms in total. The lowest BCUT2D eigenvalue weighted by atomic mass is 9.97. The van der Waals surface area contributed by atoms with Gasteiger partial charge >= 0.3 is 0 Å². The molecule has 0 fully saturated rings. The van der Waals surface area contributed by atoms with E-state index in [4.69, 9.17) is 4.74 Å². The maximum atomic E-state index is 5.70. The van der Waals surface area contributed by atoms with Crippen molar-refractivity contribution in [1.29, 1.82) is 0 Å². The van der Waals surface area contributed by atoms with Crippen molar-refractivity contribution in [1.82, 2.24) is 5.32 Å². The SMILES string of the molecule is C[C@H](NC1COCc2ccccc21)c1ccccc1Br. The summed E-state index contributed by atoms with van der Waals surface area (Å²) in [6, 6.07) is 17.4. The molecule has 0 saturated heterocycles. The summed E-state index contributed by atoms with van der Waals surface area (Å²) >= 11 is 3.62. The van der Waals surface area contributed by atoms with Crippen LogP contribution in [0.25, 0.3) is 0 Å². The number of rotatable bonds is 3. The third-order valence-electron chi connectivity index (χ3n) is 3.80. The van der Waals surface area contributed by atoms with Crippen molar-refractivity contribution in [3.05, 3.63) is 69.7 Å².